The molecule has 0 unspecified atom stereocenters. The Morgan fingerprint density at radius 2 is 1.89 bits per heavy atom. The lowest BCUT2D eigenvalue weighted by atomic mass is 10.1. The summed E-state index contributed by atoms with van der Waals surface area (Å²) in [6, 6.07) is 11.5. The summed E-state index contributed by atoms with van der Waals surface area (Å²) in [5.41, 5.74) is 2.55. The number of carbonyl (C=O) groups excluding carboxylic acids is 1. The molecule has 1 amide bonds. The zero-order chi connectivity index (χ0) is 18.9. The molecule has 1 fully saturated rings. The van der Waals surface area contributed by atoms with Crippen LogP contribution in [0.3, 0.4) is 0 Å². The van der Waals surface area contributed by atoms with Crippen molar-refractivity contribution in [1.82, 2.24) is 15.2 Å². The van der Waals surface area contributed by atoms with Gasteiger partial charge in [0, 0.05) is 37.7 Å². The molecule has 27 heavy (non-hydrogen) atoms. The van der Waals surface area contributed by atoms with E-state index in [1.54, 1.807) is 12.3 Å². The van der Waals surface area contributed by atoms with Gasteiger partial charge in [-0.3, -0.25) is 9.69 Å². The molecule has 0 atom stereocenters. The van der Waals surface area contributed by atoms with Crippen LogP contribution in [0.2, 0.25) is 5.02 Å². The monoisotopic (exact) mass is 388 g/mol. The van der Waals surface area contributed by atoms with Crippen molar-refractivity contribution >= 4 is 23.2 Å². The molecule has 0 aliphatic carbocycles. The highest BCUT2D eigenvalue weighted by Crippen LogP contribution is 2.11. The molecule has 6 nitrogen and oxygen atoms in total. The van der Waals surface area contributed by atoms with E-state index in [0.29, 0.717) is 12.2 Å². The van der Waals surface area contributed by atoms with Crippen molar-refractivity contribution in [2.24, 2.45) is 0 Å². The molecule has 0 radical (unpaired) electrons. The zero-order valence-electron chi connectivity index (χ0n) is 15.3. The quantitative estimate of drug-likeness (QED) is 0.727. The number of amides is 1. The molecule has 0 saturated carbocycles. The van der Waals surface area contributed by atoms with Crippen LogP contribution in [0.5, 0.6) is 0 Å². The Labute approximate surface area is 164 Å². The fraction of sp³-hybridized carbons (Fsp3) is 0.400. The second-order valence-corrected chi connectivity index (χ2v) is 6.88. The maximum atomic E-state index is 12.2. The summed E-state index contributed by atoms with van der Waals surface area (Å²) >= 11 is 5.89. The largest absolute Gasteiger partial charge is 0.383 e. The lowest BCUT2D eigenvalue weighted by molar-refractivity contribution is 0.0383. The van der Waals surface area contributed by atoms with Gasteiger partial charge in [0.25, 0.3) is 5.91 Å². The van der Waals surface area contributed by atoms with Crippen molar-refractivity contribution in [1.29, 1.82) is 0 Å². The van der Waals surface area contributed by atoms with Gasteiger partial charge in [-0.1, -0.05) is 23.7 Å². The molecular formula is C20H25ClN4O2. The summed E-state index contributed by atoms with van der Waals surface area (Å²) in [5.74, 6) is -0.143. The summed E-state index contributed by atoms with van der Waals surface area (Å²) in [6.07, 6.45) is 2.58. The third kappa shape index (κ3) is 6.50. The topological polar surface area (TPSA) is 66.5 Å². The van der Waals surface area contributed by atoms with E-state index in [2.05, 4.69) is 20.5 Å². The lowest BCUT2D eigenvalue weighted by Crippen LogP contribution is -2.41. The summed E-state index contributed by atoms with van der Waals surface area (Å²) < 4.78 is 5.32. The minimum absolute atomic E-state index is 0.143. The highest BCUT2D eigenvalue weighted by Gasteiger charge is 2.11. The molecule has 144 valence electrons. The van der Waals surface area contributed by atoms with E-state index < -0.39 is 0 Å². The third-order valence-corrected chi connectivity index (χ3v) is 4.72. The van der Waals surface area contributed by atoms with Gasteiger partial charge >= 0.3 is 0 Å². The molecule has 2 N–H and O–H groups in total. The summed E-state index contributed by atoms with van der Waals surface area (Å²) in [6.45, 7) is 5.61. The first kappa shape index (κ1) is 19.6. The van der Waals surface area contributed by atoms with Crippen LogP contribution >= 0.6 is 11.6 Å². The standard InChI is InChI=1S/C20H25ClN4O2/c21-17-3-1-16(2-4-17)7-8-22-18-5-6-19(24-15-18)20(26)23-9-10-25-11-13-27-14-12-25/h1-6,15,22H,7-14H2,(H,23,26). The number of aromatic nitrogens is 1. The van der Waals surface area contributed by atoms with E-state index in [9.17, 15) is 4.79 Å². The van der Waals surface area contributed by atoms with Gasteiger partial charge in [-0.15, -0.1) is 0 Å². The van der Waals surface area contributed by atoms with Gasteiger partial charge in [0.2, 0.25) is 0 Å². The van der Waals surface area contributed by atoms with Crippen LogP contribution in [-0.2, 0) is 11.2 Å². The number of anilines is 1. The SMILES string of the molecule is O=C(NCCN1CCOCC1)c1ccc(NCCc2ccc(Cl)cc2)cn1. The van der Waals surface area contributed by atoms with Crippen LogP contribution in [0.4, 0.5) is 5.69 Å². The Morgan fingerprint density at radius 3 is 2.59 bits per heavy atom. The molecule has 0 spiro atoms. The molecule has 3 rings (SSSR count). The second-order valence-electron chi connectivity index (χ2n) is 6.45. The smallest absolute Gasteiger partial charge is 0.269 e. The summed E-state index contributed by atoms with van der Waals surface area (Å²) in [4.78, 5) is 18.7. The number of nitrogens with zero attached hydrogens (tertiary/aromatic N) is 2. The van der Waals surface area contributed by atoms with E-state index >= 15 is 0 Å². The highest BCUT2D eigenvalue weighted by molar-refractivity contribution is 6.30. The van der Waals surface area contributed by atoms with Crippen molar-refractivity contribution in [3.8, 4) is 0 Å². The van der Waals surface area contributed by atoms with Crippen molar-refractivity contribution in [2.75, 3.05) is 51.3 Å². The normalized spacial score (nSPS) is 14.7. The van der Waals surface area contributed by atoms with Crippen LogP contribution in [-0.4, -0.2) is 61.7 Å². The van der Waals surface area contributed by atoms with Crippen molar-refractivity contribution in [3.05, 3.63) is 58.9 Å². The molecule has 1 aliphatic heterocycles. The average molecular weight is 389 g/mol. The molecule has 1 aromatic carbocycles. The minimum atomic E-state index is -0.143. The number of benzene rings is 1. The molecule has 7 heteroatoms. The predicted molar refractivity (Wildman–Crippen MR) is 107 cm³/mol. The maximum absolute atomic E-state index is 12.2. The fourth-order valence-electron chi connectivity index (χ4n) is 2.88. The van der Waals surface area contributed by atoms with Crippen LogP contribution in [0, 0.1) is 0 Å². The Kier molecular flexibility index (Phi) is 7.45. The Morgan fingerprint density at radius 1 is 1.11 bits per heavy atom. The number of morpholine rings is 1. The van der Waals surface area contributed by atoms with E-state index in [-0.39, 0.29) is 5.91 Å². The van der Waals surface area contributed by atoms with E-state index in [1.165, 1.54) is 5.56 Å². The van der Waals surface area contributed by atoms with Gasteiger partial charge in [0.1, 0.15) is 5.69 Å². The number of nitrogens with one attached hydrogen (secondary N) is 2. The molecular weight excluding hydrogens is 364 g/mol. The molecule has 2 heterocycles. The van der Waals surface area contributed by atoms with Crippen LogP contribution in [0.15, 0.2) is 42.6 Å². The van der Waals surface area contributed by atoms with Gasteiger partial charge in [-0.05, 0) is 36.2 Å². The molecule has 2 aromatic rings. The minimum Gasteiger partial charge on any atom is -0.383 e. The molecule has 1 aliphatic rings. The first-order valence-corrected chi connectivity index (χ1v) is 9.61. The van der Waals surface area contributed by atoms with Crippen LogP contribution in [0.1, 0.15) is 16.1 Å². The van der Waals surface area contributed by atoms with Gasteiger partial charge in [-0.2, -0.15) is 0 Å². The van der Waals surface area contributed by atoms with Crippen LogP contribution < -0.4 is 10.6 Å². The summed E-state index contributed by atoms with van der Waals surface area (Å²) in [5, 5.41) is 6.98. The molecule has 1 aromatic heterocycles. The van der Waals surface area contributed by atoms with Crippen molar-refractivity contribution in [3.63, 3.8) is 0 Å². The number of hydrogen-bond acceptors (Lipinski definition) is 5. The van der Waals surface area contributed by atoms with Crippen LogP contribution in [0.25, 0.3) is 0 Å². The number of halogens is 1. The molecule has 0 bridgehead atoms. The number of ether oxygens (including phenoxy) is 1. The first-order valence-electron chi connectivity index (χ1n) is 9.23. The Bertz CT molecular complexity index is 716. The number of carbonyl (C=O) groups is 1. The van der Waals surface area contributed by atoms with Gasteiger partial charge in [-0.25, -0.2) is 4.98 Å². The Hall–Kier alpha value is -2.15. The van der Waals surface area contributed by atoms with E-state index in [0.717, 1.165) is 56.5 Å². The van der Waals surface area contributed by atoms with Gasteiger partial charge < -0.3 is 15.4 Å². The summed E-state index contributed by atoms with van der Waals surface area (Å²) in [7, 11) is 0. The van der Waals surface area contributed by atoms with Crippen molar-refractivity contribution < 1.29 is 9.53 Å². The fourth-order valence-corrected chi connectivity index (χ4v) is 3.00. The number of pyridine rings is 1. The second kappa shape index (κ2) is 10.3. The number of hydrogen-bond donors (Lipinski definition) is 2. The Balaban J connectivity index is 1.38. The van der Waals surface area contributed by atoms with Gasteiger partial charge in [0.15, 0.2) is 0 Å². The zero-order valence-corrected chi connectivity index (χ0v) is 16.0. The predicted octanol–water partition coefficient (Wildman–Crippen LogP) is 2.45. The highest BCUT2D eigenvalue weighted by atomic mass is 35.5. The average Bonchev–Trinajstić information content (AvgIpc) is 2.71. The third-order valence-electron chi connectivity index (χ3n) is 4.47. The lowest BCUT2D eigenvalue weighted by Gasteiger charge is -2.26. The maximum Gasteiger partial charge on any atom is 0.269 e. The van der Waals surface area contributed by atoms with Crippen molar-refractivity contribution in [2.45, 2.75) is 6.42 Å². The molecule has 1 saturated heterocycles. The number of rotatable bonds is 8. The van der Waals surface area contributed by atoms with Gasteiger partial charge in [0.05, 0.1) is 25.1 Å². The van der Waals surface area contributed by atoms with E-state index in [1.807, 2.05) is 30.3 Å². The first-order chi connectivity index (χ1) is 13.2. The van der Waals surface area contributed by atoms with E-state index in [4.69, 9.17) is 16.3 Å².